The normalized spacial score (nSPS) is 35.2. The van der Waals surface area contributed by atoms with Gasteiger partial charge in [0.2, 0.25) is 0 Å². The van der Waals surface area contributed by atoms with Crippen LogP contribution in [0.1, 0.15) is 58.8 Å². The summed E-state index contributed by atoms with van der Waals surface area (Å²) < 4.78 is 23.5. The molecule has 0 bridgehead atoms. The summed E-state index contributed by atoms with van der Waals surface area (Å²) in [6.07, 6.45) is 8.36. The van der Waals surface area contributed by atoms with E-state index < -0.39 is 0 Å². The average molecular weight is 411 g/mol. The molecule has 1 saturated carbocycles. The zero-order valence-electron chi connectivity index (χ0n) is 18.2. The minimum Gasteiger partial charge on any atom is -0.443 e. The topological polar surface area (TPSA) is 98.6 Å². The summed E-state index contributed by atoms with van der Waals surface area (Å²) in [4.78, 5) is 12.3. The van der Waals surface area contributed by atoms with Gasteiger partial charge in [-0.25, -0.2) is 4.79 Å². The van der Waals surface area contributed by atoms with Gasteiger partial charge in [0.25, 0.3) is 0 Å². The Morgan fingerprint density at radius 1 is 1.28 bits per heavy atom. The highest BCUT2D eigenvalue weighted by Crippen LogP contribution is 2.54. The van der Waals surface area contributed by atoms with Crippen molar-refractivity contribution >= 4 is 6.09 Å². The smallest absolute Gasteiger partial charge is 0.407 e. The molecule has 7 nitrogen and oxygen atoms in total. The number of ether oxygens (including phenoxy) is 4. The SMILES string of the molecule is COC1C(OC(=O)NCCCCCCN)CC[C@]2(CO2)C1C1O[C@@H]1CC=C(C)C. The maximum atomic E-state index is 12.3. The highest BCUT2D eigenvalue weighted by atomic mass is 16.6. The van der Waals surface area contributed by atoms with Crippen LogP contribution in [-0.2, 0) is 18.9 Å². The number of allylic oxidation sites excluding steroid dienone is 1. The first-order valence-electron chi connectivity index (χ1n) is 11.1. The molecule has 29 heavy (non-hydrogen) atoms. The Morgan fingerprint density at radius 3 is 2.69 bits per heavy atom. The molecule has 2 heterocycles. The van der Waals surface area contributed by atoms with E-state index in [4.69, 9.17) is 24.7 Å². The molecule has 3 rings (SSSR count). The van der Waals surface area contributed by atoms with Crippen molar-refractivity contribution in [1.82, 2.24) is 5.32 Å². The van der Waals surface area contributed by atoms with E-state index >= 15 is 0 Å². The minimum atomic E-state index is -0.361. The van der Waals surface area contributed by atoms with Crippen molar-refractivity contribution in [3.8, 4) is 0 Å². The first-order valence-corrected chi connectivity index (χ1v) is 11.1. The van der Waals surface area contributed by atoms with Crippen molar-refractivity contribution in [1.29, 1.82) is 0 Å². The zero-order chi connectivity index (χ0) is 20.9. The molecule has 3 N–H and O–H groups in total. The Hall–Kier alpha value is -1.15. The second kappa shape index (κ2) is 10.2. The Morgan fingerprint density at radius 2 is 2.03 bits per heavy atom. The van der Waals surface area contributed by atoms with Crippen molar-refractivity contribution in [2.45, 2.75) is 88.8 Å². The van der Waals surface area contributed by atoms with E-state index in [0.29, 0.717) is 6.54 Å². The summed E-state index contributed by atoms with van der Waals surface area (Å²) in [6, 6.07) is 0. The van der Waals surface area contributed by atoms with E-state index in [2.05, 4.69) is 25.2 Å². The molecule has 0 radical (unpaired) electrons. The number of amides is 1. The van der Waals surface area contributed by atoms with Gasteiger partial charge in [-0.1, -0.05) is 24.5 Å². The third kappa shape index (κ3) is 5.94. The minimum absolute atomic E-state index is 0.103. The van der Waals surface area contributed by atoms with Crippen LogP contribution in [0.4, 0.5) is 4.79 Å². The fraction of sp³-hybridized carbons (Fsp3) is 0.864. The largest absolute Gasteiger partial charge is 0.443 e. The van der Waals surface area contributed by atoms with Crippen LogP contribution < -0.4 is 11.1 Å². The van der Waals surface area contributed by atoms with Crippen molar-refractivity contribution in [3.63, 3.8) is 0 Å². The number of hydrogen-bond donors (Lipinski definition) is 2. The number of carbonyl (C=O) groups excluding carboxylic acids is 1. The lowest BCUT2D eigenvalue weighted by Crippen LogP contribution is -2.53. The van der Waals surface area contributed by atoms with Crippen LogP contribution in [0.2, 0.25) is 0 Å². The first-order chi connectivity index (χ1) is 14.0. The molecule has 2 saturated heterocycles. The van der Waals surface area contributed by atoms with Crippen molar-refractivity contribution in [2.24, 2.45) is 11.7 Å². The molecule has 1 amide bonds. The molecule has 1 aliphatic carbocycles. The molecule has 3 aliphatic rings. The monoisotopic (exact) mass is 410 g/mol. The standard InChI is InChI=1S/C22H38N2O5/c1-15(2)8-9-16-20(28-16)18-19(26-3)17(10-11-22(18)14-27-22)29-21(25)24-13-7-5-4-6-12-23/h8,16-20H,4-7,9-14,23H2,1-3H3,(H,24,25)/t16-,17?,18?,19?,20?,22+/m1/s1. The summed E-state index contributed by atoms with van der Waals surface area (Å²) in [6.45, 7) is 6.29. The molecule has 0 aromatic rings. The summed E-state index contributed by atoms with van der Waals surface area (Å²) in [5, 5.41) is 2.87. The molecule has 1 spiro atoms. The molecular weight excluding hydrogens is 372 g/mol. The van der Waals surface area contributed by atoms with Crippen LogP contribution in [-0.4, -0.2) is 62.9 Å². The second-order valence-corrected chi connectivity index (χ2v) is 8.85. The Balaban J connectivity index is 1.50. The van der Waals surface area contributed by atoms with Gasteiger partial charge in [0.15, 0.2) is 0 Å². The van der Waals surface area contributed by atoms with E-state index in [0.717, 1.165) is 58.1 Å². The van der Waals surface area contributed by atoms with Gasteiger partial charge in [-0.2, -0.15) is 0 Å². The van der Waals surface area contributed by atoms with Gasteiger partial charge in [0.1, 0.15) is 12.2 Å². The lowest BCUT2D eigenvalue weighted by Gasteiger charge is -2.40. The average Bonchev–Trinajstić information content (AvgIpc) is 3.61. The number of epoxide rings is 2. The summed E-state index contributed by atoms with van der Waals surface area (Å²) in [5.41, 5.74) is 6.63. The molecule has 4 unspecified atom stereocenters. The van der Waals surface area contributed by atoms with Gasteiger partial charge in [-0.15, -0.1) is 0 Å². The van der Waals surface area contributed by atoms with E-state index in [9.17, 15) is 4.79 Å². The maximum Gasteiger partial charge on any atom is 0.407 e. The lowest BCUT2D eigenvalue weighted by molar-refractivity contribution is -0.105. The number of methoxy groups -OCH3 is 1. The van der Waals surface area contributed by atoms with Gasteiger partial charge in [0.05, 0.1) is 24.4 Å². The maximum absolute atomic E-state index is 12.3. The predicted octanol–water partition coefficient (Wildman–Crippen LogP) is 2.92. The number of carbonyl (C=O) groups is 1. The quantitative estimate of drug-likeness (QED) is 0.309. The fourth-order valence-corrected chi connectivity index (χ4v) is 4.59. The van der Waals surface area contributed by atoms with Gasteiger partial charge in [-0.05, 0) is 52.5 Å². The van der Waals surface area contributed by atoms with Crippen LogP contribution in [0, 0.1) is 5.92 Å². The molecular formula is C22H38N2O5. The Kier molecular flexibility index (Phi) is 7.96. The van der Waals surface area contributed by atoms with Gasteiger partial charge < -0.3 is 30.0 Å². The number of alkyl carbamates (subject to hydrolysis) is 1. The Bertz CT molecular complexity index is 574. The van der Waals surface area contributed by atoms with Crippen LogP contribution in [0.25, 0.3) is 0 Å². The summed E-state index contributed by atoms with van der Waals surface area (Å²) >= 11 is 0. The van der Waals surface area contributed by atoms with E-state index in [1.807, 2.05) is 0 Å². The Labute approximate surface area is 174 Å². The van der Waals surface area contributed by atoms with Gasteiger partial charge in [0, 0.05) is 19.6 Å². The third-order valence-corrected chi connectivity index (χ3v) is 6.36. The molecule has 0 aromatic heterocycles. The number of hydrogen-bond acceptors (Lipinski definition) is 6. The van der Waals surface area contributed by atoms with Gasteiger partial charge in [-0.3, -0.25) is 0 Å². The first kappa shape index (κ1) is 22.5. The van der Waals surface area contributed by atoms with Gasteiger partial charge >= 0.3 is 6.09 Å². The second-order valence-electron chi connectivity index (χ2n) is 8.85. The molecule has 3 fully saturated rings. The molecule has 7 heteroatoms. The third-order valence-electron chi connectivity index (χ3n) is 6.36. The van der Waals surface area contributed by atoms with Crippen LogP contribution >= 0.6 is 0 Å². The van der Waals surface area contributed by atoms with E-state index in [1.165, 1.54) is 5.57 Å². The summed E-state index contributed by atoms with van der Waals surface area (Å²) in [7, 11) is 1.69. The van der Waals surface area contributed by atoms with E-state index in [-0.39, 0.29) is 42.0 Å². The highest BCUT2D eigenvalue weighted by molar-refractivity contribution is 5.67. The number of unbranched alkanes of at least 4 members (excludes halogenated alkanes) is 3. The summed E-state index contributed by atoms with van der Waals surface area (Å²) in [5.74, 6) is 0.103. The van der Waals surface area contributed by atoms with Crippen molar-refractivity contribution in [3.05, 3.63) is 11.6 Å². The molecule has 2 aliphatic heterocycles. The molecule has 6 atom stereocenters. The van der Waals surface area contributed by atoms with Crippen LogP contribution in [0.3, 0.4) is 0 Å². The highest BCUT2D eigenvalue weighted by Gasteiger charge is 2.66. The number of nitrogens with one attached hydrogen (secondary N) is 1. The van der Waals surface area contributed by atoms with Crippen LogP contribution in [0.5, 0.6) is 0 Å². The molecule has 166 valence electrons. The van der Waals surface area contributed by atoms with Crippen molar-refractivity contribution in [2.75, 3.05) is 26.8 Å². The number of rotatable bonds is 11. The fourth-order valence-electron chi connectivity index (χ4n) is 4.59. The lowest BCUT2D eigenvalue weighted by atomic mass is 9.73. The predicted molar refractivity (Wildman–Crippen MR) is 111 cm³/mol. The van der Waals surface area contributed by atoms with Crippen molar-refractivity contribution < 1.29 is 23.7 Å². The number of nitrogens with two attached hydrogens (primary N) is 1. The molecule has 0 aromatic carbocycles. The zero-order valence-corrected chi connectivity index (χ0v) is 18.2. The van der Waals surface area contributed by atoms with Crippen LogP contribution in [0.15, 0.2) is 11.6 Å². The van der Waals surface area contributed by atoms with E-state index in [1.54, 1.807) is 7.11 Å².